The minimum atomic E-state index is -0.122. The lowest BCUT2D eigenvalue weighted by atomic mass is 9.85. The van der Waals surface area contributed by atoms with Gasteiger partial charge in [0.05, 0.1) is 20.3 Å². The van der Waals surface area contributed by atoms with Crippen LogP contribution >= 0.6 is 11.3 Å². The maximum absolute atomic E-state index is 12.4. The minimum absolute atomic E-state index is 0.0324. The number of methoxy groups -OCH3 is 2. The van der Waals surface area contributed by atoms with Crippen LogP contribution in [0.4, 0.5) is 0 Å². The van der Waals surface area contributed by atoms with E-state index in [1.54, 1.807) is 37.7 Å². The number of carbonyl (C=O) groups is 1. The average molecular weight is 359 g/mol. The SMILES string of the molecule is COc1ccc(C=CC(=O)NC(c2cccs2)C(C)(C)C)cc1OC. The highest BCUT2D eigenvalue weighted by Crippen LogP contribution is 2.35. The van der Waals surface area contributed by atoms with E-state index in [1.165, 1.54) is 0 Å². The lowest BCUT2D eigenvalue weighted by molar-refractivity contribution is -0.117. The number of amides is 1. The molecule has 0 fully saturated rings. The monoisotopic (exact) mass is 359 g/mol. The number of nitrogens with one attached hydrogen (secondary N) is 1. The zero-order valence-corrected chi connectivity index (χ0v) is 16.1. The third-order valence-corrected chi connectivity index (χ3v) is 4.75. The fourth-order valence-electron chi connectivity index (χ4n) is 2.49. The van der Waals surface area contributed by atoms with Gasteiger partial charge in [0.2, 0.25) is 5.91 Å². The fraction of sp³-hybridized carbons (Fsp3) is 0.350. The van der Waals surface area contributed by atoms with Gasteiger partial charge in [-0.1, -0.05) is 32.9 Å². The highest BCUT2D eigenvalue weighted by Gasteiger charge is 2.28. The third kappa shape index (κ3) is 5.10. The maximum Gasteiger partial charge on any atom is 0.244 e. The normalized spacial score (nSPS) is 12.8. The lowest BCUT2D eigenvalue weighted by Gasteiger charge is -2.30. The van der Waals surface area contributed by atoms with Gasteiger partial charge in [0.25, 0.3) is 0 Å². The molecule has 1 aromatic heterocycles. The van der Waals surface area contributed by atoms with Crippen LogP contribution in [0.15, 0.2) is 41.8 Å². The van der Waals surface area contributed by atoms with Crippen molar-refractivity contribution in [3.05, 3.63) is 52.2 Å². The van der Waals surface area contributed by atoms with Gasteiger partial charge in [-0.3, -0.25) is 4.79 Å². The van der Waals surface area contributed by atoms with Crippen LogP contribution in [0.3, 0.4) is 0 Å². The van der Waals surface area contributed by atoms with Gasteiger partial charge in [-0.2, -0.15) is 0 Å². The number of benzene rings is 1. The van der Waals surface area contributed by atoms with Gasteiger partial charge in [-0.05, 0) is 40.6 Å². The maximum atomic E-state index is 12.4. The molecule has 4 nitrogen and oxygen atoms in total. The molecule has 0 saturated heterocycles. The zero-order valence-electron chi connectivity index (χ0n) is 15.3. The molecule has 1 amide bonds. The van der Waals surface area contributed by atoms with Crippen LogP contribution in [0, 0.1) is 5.41 Å². The van der Waals surface area contributed by atoms with Crippen LogP contribution < -0.4 is 14.8 Å². The summed E-state index contributed by atoms with van der Waals surface area (Å²) in [4.78, 5) is 13.6. The van der Waals surface area contributed by atoms with E-state index in [0.29, 0.717) is 11.5 Å². The molecule has 0 bridgehead atoms. The summed E-state index contributed by atoms with van der Waals surface area (Å²) in [5.41, 5.74) is 0.800. The second-order valence-electron chi connectivity index (χ2n) is 6.77. The van der Waals surface area contributed by atoms with Gasteiger partial charge in [-0.15, -0.1) is 11.3 Å². The van der Waals surface area contributed by atoms with Crippen molar-refractivity contribution in [3.63, 3.8) is 0 Å². The Balaban J connectivity index is 2.12. The summed E-state index contributed by atoms with van der Waals surface area (Å²) < 4.78 is 10.5. The molecule has 0 aliphatic carbocycles. The van der Waals surface area contributed by atoms with E-state index in [9.17, 15) is 4.79 Å². The van der Waals surface area contributed by atoms with Gasteiger partial charge in [0.15, 0.2) is 11.5 Å². The molecule has 2 rings (SSSR count). The second-order valence-corrected chi connectivity index (χ2v) is 7.75. The van der Waals surface area contributed by atoms with E-state index in [2.05, 4.69) is 32.2 Å². The van der Waals surface area contributed by atoms with Crippen molar-refractivity contribution in [2.24, 2.45) is 5.41 Å². The smallest absolute Gasteiger partial charge is 0.244 e. The summed E-state index contributed by atoms with van der Waals surface area (Å²) in [6.07, 6.45) is 3.32. The summed E-state index contributed by atoms with van der Waals surface area (Å²) >= 11 is 1.65. The molecule has 1 atom stereocenters. The van der Waals surface area contributed by atoms with E-state index >= 15 is 0 Å². The summed E-state index contributed by atoms with van der Waals surface area (Å²) in [7, 11) is 3.19. The Hall–Kier alpha value is -2.27. The molecule has 134 valence electrons. The first-order valence-electron chi connectivity index (χ1n) is 8.09. The molecule has 1 N–H and O–H groups in total. The van der Waals surface area contributed by atoms with Crippen LogP contribution in [0.1, 0.15) is 37.3 Å². The number of hydrogen-bond acceptors (Lipinski definition) is 4. The number of hydrogen-bond donors (Lipinski definition) is 1. The Labute approximate surface area is 153 Å². The van der Waals surface area contributed by atoms with E-state index in [4.69, 9.17) is 9.47 Å². The molecule has 1 aromatic carbocycles. The van der Waals surface area contributed by atoms with Crippen molar-refractivity contribution < 1.29 is 14.3 Å². The first-order chi connectivity index (χ1) is 11.8. The van der Waals surface area contributed by atoms with E-state index in [1.807, 2.05) is 29.6 Å². The van der Waals surface area contributed by atoms with Crippen molar-refractivity contribution in [1.29, 1.82) is 0 Å². The predicted octanol–water partition coefficient (Wildman–Crippen LogP) is 4.68. The van der Waals surface area contributed by atoms with Crippen molar-refractivity contribution in [3.8, 4) is 11.5 Å². The van der Waals surface area contributed by atoms with Gasteiger partial charge in [0.1, 0.15) is 0 Å². The summed E-state index contributed by atoms with van der Waals surface area (Å²) in [5.74, 6) is 1.17. The molecule has 0 aliphatic heterocycles. The molecular formula is C20H25NO3S. The van der Waals surface area contributed by atoms with Crippen LogP contribution in [0.25, 0.3) is 6.08 Å². The Morgan fingerprint density at radius 3 is 2.44 bits per heavy atom. The first-order valence-corrected chi connectivity index (χ1v) is 8.97. The van der Waals surface area contributed by atoms with Gasteiger partial charge in [-0.25, -0.2) is 0 Å². The highest BCUT2D eigenvalue weighted by molar-refractivity contribution is 7.10. The highest BCUT2D eigenvalue weighted by atomic mass is 32.1. The summed E-state index contributed by atoms with van der Waals surface area (Å²) in [6.45, 7) is 6.36. The fourth-order valence-corrected chi connectivity index (χ4v) is 3.51. The second kappa shape index (κ2) is 8.21. The standard InChI is InChI=1S/C20H25NO3S/c1-20(2,3)19(17-7-6-12-25-17)21-18(22)11-9-14-8-10-15(23-4)16(13-14)24-5/h6-13,19H,1-5H3,(H,21,22). The first kappa shape index (κ1) is 19.1. The zero-order chi connectivity index (χ0) is 18.4. The molecule has 0 saturated carbocycles. The van der Waals surface area contributed by atoms with E-state index < -0.39 is 0 Å². The predicted molar refractivity (Wildman–Crippen MR) is 103 cm³/mol. The molecule has 0 spiro atoms. The topological polar surface area (TPSA) is 47.6 Å². The number of ether oxygens (including phenoxy) is 2. The number of thiophene rings is 1. The van der Waals surface area contributed by atoms with Gasteiger partial charge < -0.3 is 14.8 Å². The molecule has 1 heterocycles. The van der Waals surface area contributed by atoms with Crippen LogP contribution in [-0.2, 0) is 4.79 Å². The lowest BCUT2D eigenvalue weighted by Crippen LogP contribution is -2.35. The van der Waals surface area contributed by atoms with Crippen molar-refractivity contribution >= 4 is 23.3 Å². The van der Waals surface area contributed by atoms with Crippen LogP contribution in [-0.4, -0.2) is 20.1 Å². The van der Waals surface area contributed by atoms with Gasteiger partial charge >= 0.3 is 0 Å². The summed E-state index contributed by atoms with van der Waals surface area (Å²) in [6, 6.07) is 9.56. The minimum Gasteiger partial charge on any atom is -0.493 e. The number of carbonyl (C=O) groups excluding carboxylic acids is 1. The summed E-state index contributed by atoms with van der Waals surface area (Å²) in [5, 5.41) is 5.14. The van der Waals surface area contributed by atoms with Crippen molar-refractivity contribution in [1.82, 2.24) is 5.32 Å². The Morgan fingerprint density at radius 2 is 1.88 bits per heavy atom. The molecule has 0 aliphatic rings. The van der Waals surface area contributed by atoms with E-state index in [-0.39, 0.29) is 17.4 Å². The number of rotatable bonds is 6. The third-order valence-electron chi connectivity index (χ3n) is 3.82. The average Bonchev–Trinajstić information content (AvgIpc) is 3.10. The Kier molecular flexibility index (Phi) is 6.26. The largest absolute Gasteiger partial charge is 0.493 e. The van der Waals surface area contributed by atoms with Crippen molar-refractivity contribution in [2.45, 2.75) is 26.8 Å². The van der Waals surface area contributed by atoms with E-state index in [0.717, 1.165) is 10.4 Å². The molecular weight excluding hydrogens is 334 g/mol. The van der Waals surface area contributed by atoms with Crippen LogP contribution in [0.2, 0.25) is 0 Å². The molecule has 1 unspecified atom stereocenters. The molecule has 2 aromatic rings. The quantitative estimate of drug-likeness (QED) is 0.762. The molecule has 25 heavy (non-hydrogen) atoms. The van der Waals surface area contributed by atoms with Crippen LogP contribution in [0.5, 0.6) is 11.5 Å². The molecule has 0 radical (unpaired) electrons. The Morgan fingerprint density at radius 1 is 1.16 bits per heavy atom. The molecule has 5 heteroatoms. The van der Waals surface area contributed by atoms with Gasteiger partial charge in [0, 0.05) is 11.0 Å². The Bertz CT molecular complexity index is 730. The van der Waals surface area contributed by atoms with Crippen molar-refractivity contribution in [2.75, 3.05) is 14.2 Å².